The molecule has 0 spiro atoms. The van der Waals surface area contributed by atoms with Gasteiger partial charge in [-0.05, 0) is 31.1 Å². The highest BCUT2D eigenvalue weighted by Gasteiger charge is 2.48. The molecule has 2 aliphatic rings. The molecule has 2 saturated carbocycles. The van der Waals surface area contributed by atoms with Crippen molar-refractivity contribution in [2.45, 2.75) is 31.2 Å². The van der Waals surface area contributed by atoms with E-state index in [1.165, 1.54) is 30.6 Å². The normalized spacial score (nSPS) is 34.3. The molecule has 4 atom stereocenters. The summed E-state index contributed by atoms with van der Waals surface area (Å²) in [6, 6.07) is 0.193. The lowest BCUT2D eigenvalue weighted by Gasteiger charge is -2.24. The Morgan fingerprint density at radius 2 is 2.22 bits per heavy atom. The Hall–Kier alpha value is -1.27. The van der Waals surface area contributed by atoms with Gasteiger partial charge in [0.15, 0.2) is 0 Å². The van der Waals surface area contributed by atoms with Gasteiger partial charge in [0.2, 0.25) is 11.7 Å². The molecule has 0 radical (unpaired) electrons. The molecule has 4 unspecified atom stereocenters. The molecule has 2 bridgehead atoms. The minimum Gasteiger partial charge on any atom is -0.339 e. The monoisotopic (exact) mass is 262 g/mol. The molecule has 0 amide bonds. The zero-order chi connectivity index (χ0) is 12.1. The molecular formula is C12H14N4OS. The van der Waals surface area contributed by atoms with Gasteiger partial charge in [-0.1, -0.05) is 5.16 Å². The van der Waals surface area contributed by atoms with Crippen LogP contribution in [-0.4, -0.2) is 21.2 Å². The van der Waals surface area contributed by atoms with Crippen LogP contribution in [0.3, 0.4) is 0 Å². The third-order valence-electron chi connectivity index (χ3n) is 4.36. The fourth-order valence-electron chi connectivity index (χ4n) is 3.50. The van der Waals surface area contributed by atoms with Crippen molar-refractivity contribution < 1.29 is 4.52 Å². The summed E-state index contributed by atoms with van der Waals surface area (Å²) >= 11 is 1.52. The number of thiazole rings is 1. The van der Waals surface area contributed by atoms with E-state index < -0.39 is 0 Å². The van der Waals surface area contributed by atoms with Gasteiger partial charge in [0, 0.05) is 12.2 Å². The molecule has 4 rings (SSSR count). The van der Waals surface area contributed by atoms with Gasteiger partial charge in [0.25, 0.3) is 0 Å². The second-order valence-corrected chi connectivity index (χ2v) is 6.14. The lowest BCUT2D eigenvalue weighted by Crippen LogP contribution is -2.34. The van der Waals surface area contributed by atoms with Gasteiger partial charge >= 0.3 is 0 Å². The first kappa shape index (κ1) is 10.6. The molecule has 0 aromatic carbocycles. The van der Waals surface area contributed by atoms with E-state index in [-0.39, 0.29) is 12.0 Å². The van der Waals surface area contributed by atoms with Crippen LogP contribution in [0.2, 0.25) is 0 Å². The number of nitrogens with zero attached hydrogens (tertiary/aromatic N) is 3. The molecule has 0 saturated heterocycles. The first-order valence-electron chi connectivity index (χ1n) is 6.31. The quantitative estimate of drug-likeness (QED) is 0.896. The first-order chi connectivity index (χ1) is 8.83. The maximum atomic E-state index is 6.29. The topological polar surface area (TPSA) is 77.8 Å². The summed E-state index contributed by atoms with van der Waals surface area (Å²) in [4.78, 5) is 9.49. The molecule has 6 heteroatoms. The SMILES string of the molecule is NC1C2CCC(C2)C1c1nc(-c2cncs2)no1. The molecule has 2 aromatic rings. The first-order valence-corrected chi connectivity index (χ1v) is 7.19. The van der Waals surface area contributed by atoms with E-state index in [9.17, 15) is 0 Å². The highest BCUT2D eigenvalue weighted by Crippen LogP contribution is 2.51. The number of rotatable bonds is 2. The average Bonchev–Trinajstić information content (AvgIpc) is 3.13. The van der Waals surface area contributed by atoms with Crippen molar-refractivity contribution in [1.82, 2.24) is 15.1 Å². The minimum absolute atomic E-state index is 0.193. The van der Waals surface area contributed by atoms with Crippen LogP contribution in [0, 0.1) is 11.8 Å². The molecule has 94 valence electrons. The molecule has 5 nitrogen and oxygen atoms in total. The zero-order valence-corrected chi connectivity index (χ0v) is 10.6. The minimum atomic E-state index is 0.193. The summed E-state index contributed by atoms with van der Waals surface area (Å²) in [6.07, 6.45) is 5.50. The fraction of sp³-hybridized carbons (Fsp3) is 0.583. The van der Waals surface area contributed by atoms with E-state index in [4.69, 9.17) is 10.3 Å². The summed E-state index contributed by atoms with van der Waals surface area (Å²) in [7, 11) is 0. The number of hydrogen-bond acceptors (Lipinski definition) is 6. The molecule has 0 aliphatic heterocycles. The molecule has 2 aromatic heterocycles. The largest absolute Gasteiger partial charge is 0.339 e. The molecule has 2 fully saturated rings. The van der Waals surface area contributed by atoms with Crippen molar-refractivity contribution in [3.05, 3.63) is 17.6 Å². The molecule has 2 aliphatic carbocycles. The Bertz CT molecular complexity index is 550. The Morgan fingerprint density at radius 1 is 1.33 bits per heavy atom. The highest BCUT2D eigenvalue weighted by molar-refractivity contribution is 7.13. The fourth-order valence-corrected chi connectivity index (χ4v) is 4.04. The summed E-state index contributed by atoms with van der Waals surface area (Å²) < 4.78 is 5.43. The highest BCUT2D eigenvalue weighted by atomic mass is 32.1. The van der Waals surface area contributed by atoms with E-state index in [1.807, 2.05) is 0 Å². The van der Waals surface area contributed by atoms with Gasteiger partial charge in [-0.2, -0.15) is 4.98 Å². The van der Waals surface area contributed by atoms with Crippen LogP contribution < -0.4 is 5.73 Å². The van der Waals surface area contributed by atoms with E-state index in [0.717, 1.165) is 10.8 Å². The van der Waals surface area contributed by atoms with Gasteiger partial charge in [0.05, 0.1) is 16.3 Å². The summed E-state index contributed by atoms with van der Waals surface area (Å²) in [5.74, 6) is 2.91. The van der Waals surface area contributed by atoms with Crippen molar-refractivity contribution in [3.8, 4) is 10.7 Å². The maximum absolute atomic E-state index is 6.29. The van der Waals surface area contributed by atoms with E-state index in [0.29, 0.717) is 17.7 Å². The summed E-state index contributed by atoms with van der Waals surface area (Å²) in [5, 5.41) is 4.05. The van der Waals surface area contributed by atoms with Gasteiger partial charge < -0.3 is 10.3 Å². The van der Waals surface area contributed by atoms with Crippen LogP contribution in [-0.2, 0) is 0 Å². The van der Waals surface area contributed by atoms with Crippen LogP contribution in [0.5, 0.6) is 0 Å². The van der Waals surface area contributed by atoms with Crippen molar-refractivity contribution >= 4 is 11.3 Å². The molecule has 18 heavy (non-hydrogen) atoms. The van der Waals surface area contributed by atoms with Gasteiger partial charge in [-0.25, -0.2) is 0 Å². The van der Waals surface area contributed by atoms with E-state index >= 15 is 0 Å². The van der Waals surface area contributed by atoms with Crippen LogP contribution in [0.25, 0.3) is 10.7 Å². The molecule has 2 heterocycles. The van der Waals surface area contributed by atoms with Crippen molar-refractivity contribution in [1.29, 1.82) is 0 Å². The lowest BCUT2D eigenvalue weighted by atomic mass is 9.85. The second-order valence-electron chi connectivity index (χ2n) is 5.26. The van der Waals surface area contributed by atoms with Crippen LogP contribution in [0.15, 0.2) is 16.2 Å². The summed E-state index contributed by atoms with van der Waals surface area (Å²) in [5.41, 5.74) is 8.06. The number of nitrogens with two attached hydrogens (primary N) is 1. The Morgan fingerprint density at radius 3 is 2.94 bits per heavy atom. The molecular weight excluding hydrogens is 248 g/mol. The number of hydrogen-bond donors (Lipinski definition) is 1. The van der Waals surface area contributed by atoms with Gasteiger partial charge in [0.1, 0.15) is 0 Å². The van der Waals surface area contributed by atoms with Gasteiger partial charge in [-0.15, -0.1) is 11.3 Å². The summed E-state index contributed by atoms with van der Waals surface area (Å²) in [6.45, 7) is 0. The van der Waals surface area contributed by atoms with Crippen molar-refractivity contribution in [2.75, 3.05) is 0 Å². The Labute approximate surface area is 108 Å². The van der Waals surface area contributed by atoms with E-state index in [1.54, 1.807) is 11.7 Å². The number of aromatic nitrogens is 3. The zero-order valence-electron chi connectivity index (χ0n) is 9.82. The van der Waals surface area contributed by atoms with Crippen LogP contribution >= 0.6 is 11.3 Å². The predicted molar refractivity (Wildman–Crippen MR) is 67.0 cm³/mol. The van der Waals surface area contributed by atoms with Crippen molar-refractivity contribution in [3.63, 3.8) is 0 Å². The third kappa shape index (κ3) is 1.45. The van der Waals surface area contributed by atoms with Crippen LogP contribution in [0.1, 0.15) is 31.1 Å². The van der Waals surface area contributed by atoms with Gasteiger partial charge in [-0.3, -0.25) is 4.98 Å². The Kier molecular flexibility index (Phi) is 2.28. The smallest absolute Gasteiger partial charge is 0.231 e. The third-order valence-corrected chi connectivity index (χ3v) is 5.13. The lowest BCUT2D eigenvalue weighted by molar-refractivity contribution is 0.279. The second kappa shape index (κ2) is 3.86. The Balaban J connectivity index is 1.66. The average molecular weight is 262 g/mol. The standard InChI is InChI=1S/C12H14N4OS/c13-10-7-2-1-6(3-7)9(10)12-15-11(16-17-12)8-4-14-5-18-8/h4-7,9-10H,1-3,13H2. The van der Waals surface area contributed by atoms with E-state index in [2.05, 4.69) is 15.1 Å². The number of fused-ring (bicyclic) bond motifs is 2. The van der Waals surface area contributed by atoms with Crippen LogP contribution in [0.4, 0.5) is 0 Å². The predicted octanol–water partition coefficient (Wildman–Crippen LogP) is 2.03. The maximum Gasteiger partial charge on any atom is 0.231 e. The van der Waals surface area contributed by atoms with Crippen molar-refractivity contribution in [2.24, 2.45) is 17.6 Å². The molecule has 2 N–H and O–H groups in total.